The lowest BCUT2D eigenvalue weighted by Crippen LogP contribution is -2.52. The number of carbonyl (C=O) groups excluding carboxylic acids is 1. The number of fused-ring (bicyclic) bond motifs is 3. The maximum absolute atomic E-state index is 13.0. The van der Waals surface area contributed by atoms with Crippen LogP contribution in [0.25, 0.3) is 0 Å². The van der Waals surface area contributed by atoms with Crippen LogP contribution in [0.3, 0.4) is 0 Å². The molecule has 3 atom stereocenters. The van der Waals surface area contributed by atoms with Gasteiger partial charge in [0.1, 0.15) is 31.2 Å². The molecule has 0 saturated carbocycles. The van der Waals surface area contributed by atoms with E-state index in [-0.39, 0.29) is 24.9 Å². The highest BCUT2D eigenvalue weighted by Crippen LogP contribution is 2.50. The number of benzene rings is 2. The van der Waals surface area contributed by atoms with Crippen molar-refractivity contribution in [3.05, 3.63) is 85.0 Å². The summed E-state index contributed by atoms with van der Waals surface area (Å²) in [6.45, 7) is 11.8. The van der Waals surface area contributed by atoms with Crippen LogP contribution in [0.5, 0.6) is 5.75 Å². The lowest BCUT2D eigenvalue weighted by atomic mass is 9.89. The number of ether oxygens (including phenoxy) is 4. The summed E-state index contributed by atoms with van der Waals surface area (Å²) in [6.07, 6.45) is 2.71. The predicted octanol–water partition coefficient (Wildman–Crippen LogP) is 5.55. The number of carbonyl (C=O) groups is 1. The second-order valence-electron chi connectivity index (χ2n) is 8.34. The Morgan fingerprint density at radius 3 is 2.62 bits per heavy atom. The minimum absolute atomic E-state index is 0.126. The standard InChI is InChI=1S/C26H29NO5/c1-5-10-22-24-23(31-26(3,4)32-24)20-16-19(30-17-18-11-8-7-9-12-18)13-14-21(20)27(22)25(28)29-15-6-2/h5-9,11-14,16,22-24H,1-2,10,15,17H2,3-4H3/t22-,23-,24-/m0/s1. The first-order chi connectivity index (χ1) is 15.4. The predicted molar refractivity (Wildman–Crippen MR) is 123 cm³/mol. The summed E-state index contributed by atoms with van der Waals surface area (Å²) in [5.74, 6) is -0.0882. The molecular weight excluding hydrogens is 406 g/mol. The largest absolute Gasteiger partial charge is 0.489 e. The smallest absolute Gasteiger partial charge is 0.414 e. The number of hydrogen-bond acceptors (Lipinski definition) is 5. The number of nitrogens with zero attached hydrogens (tertiary/aromatic N) is 1. The van der Waals surface area contributed by atoms with Crippen LogP contribution in [0.2, 0.25) is 0 Å². The fourth-order valence-corrected chi connectivity index (χ4v) is 4.29. The van der Waals surface area contributed by atoms with E-state index in [0.29, 0.717) is 18.8 Å². The van der Waals surface area contributed by atoms with E-state index < -0.39 is 11.9 Å². The van der Waals surface area contributed by atoms with Crippen molar-refractivity contribution >= 4 is 11.8 Å². The van der Waals surface area contributed by atoms with Crippen LogP contribution >= 0.6 is 0 Å². The van der Waals surface area contributed by atoms with E-state index in [4.69, 9.17) is 18.9 Å². The van der Waals surface area contributed by atoms with Crippen LogP contribution in [0.15, 0.2) is 73.8 Å². The highest BCUT2D eigenvalue weighted by Gasteiger charge is 2.53. The van der Waals surface area contributed by atoms with Crippen molar-refractivity contribution in [3.8, 4) is 5.75 Å². The zero-order valence-electron chi connectivity index (χ0n) is 18.5. The molecule has 1 amide bonds. The first-order valence-electron chi connectivity index (χ1n) is 10.8. The minimum atomic E-state index is -0.784. The number of amides is 1. The number of rotatable bonds is 7. The molecule has 32 heavy (non-hydrogen) atoms. The molecule has 4 rings (SSSR count). The van der Waals surface area contributed by atoms with Gasteiger partial charge in [0.2, 0.25) is 0 Å². The molecule has 0 bridgehead atoms. The third-order valence-electron chi connectivity index (χ3n) is 5.58. The molecule has 0 radical (unpaired) electrons. The second kappa shape index (κ2) is 9.18. The molecule has 2 heterocycles. The van der Waals surface area contributed by atoms with Crippen LogP contribution in [-0.2, 0) is 20.8 Å². The average molecular weight is 436 g/mol. The maximum Gasteiger partial charge on any atom is 0.414 e. The molecule has 2 aliphatic heterocycles. The second-order valence-corrected chi connectivity index (χ2v) is 8.34. The molecule has 6 nitrogen and oxygen atoms in total. The van der Waals surface area contributed by atoms with E-state index in [9.17, 15) is 4.79 Å². The van der Waals surface area contributed by atoms with E-state index in [2.05, 4.69) is 13.2 Å². The van der Waals surface area contributed by atoms with Gasteiger partial charge in [0.05, 0.1) is 11.7 Å². The summed E-state index contributed by atoms with van der Waals surface area (Å²) in [5, 5.41) is 0. The van der Waals surface area contributed by atoms with E-state index in [1.807, 2.05) is 62.4 Å². The molecule has 0 unspecified atom stereocenters. The Labute approximate surface area is 189 Å². The average Bonchev–Trinajstić information content (AvgIpc) is 3.12. The van der Waals surface area contributed by atoms with Crippen molar-refractivity contribution < 1.29 is 23.7 Å². The Morgan fingerprint density at radius 1 is 1.12 bits per heavy atom. The Kier molecular flexibility index (Phi) is 6.35. The zero-order valence-corrected chi connectivity index (χ0v) is 18.5. The summed E-state index contributed by atoms with van der Waals surface area (Å²) in [5.41, 5.74) is 2.63. The van der Waals surface area contributed by atoms with Gasteiger partial charge in [0.25, 0.3) is 0 Å². The third kappa shape index (κ3) is 4.42. The van der Waals surface area contributed by atoms with Gasteiger partial charge in [-0.1, -0.05) is 49.1 Å². The Bertz CT molecular complexity index is 987. The van der Waals surface area contributed by atoms with Crippen molar-refractivity contribution in [2.24, 2.45) is 0 Å². The third-order valence-corrected chi connectivity index (χ3v) is 5.58. The summed E-state index contributed by atoms with van der Waals surface area (Å²) >= 11 is 0. The van der Waals surface area contributed by atoms with Crippen LogP contribution in [-0.4, -0.2) is 30.6 Å². The maximum atomic E-state index is 13.0. The van der Waals surface area contributed by atoms with E-state index in [0.717, 1.165) is 16.8 Å². The molecule has 0 aliphatic carbocycles. The Balaban J connectivity index is 1.70. The normalized spacial score (nSPS) is 23.1. The molecule has 2 aromatic rings. The van der Waals surface area contributed by atoms with Gasteiger partial charge in [-0.3, -0.25) is 4.90 Å². The van der Waals surface area contributed by atoms with Crippen molar-refractivity contribution in [3.63, 3.8) is 0 Å². The fraction of sp³-hybridized carbons (Fsp3) is 0.346. The van der Waals surface area contributed by atoms with Gasteiger partial charge in [0.15, 0.2) is 5.79 Å². The van der Waals surface area contributed by atoms with Crippen molar-refractivity contribution in [2.45, 2.75) is 50.9 Å². The van der Waals surface area contributed by atoms with E-state index >= 15 is 0 Å². The molecule has 1 fully saturated rings. The molecule has 0 aromatic heterocycles. The van der Waals surface area contributed by atoms with Crippen molar-refractivity contribution in [2.75, 3.05) is 11.5 Å². The first kappa shape index (κ1) is 22.1. The molecule has 0 spiro atoms. The highest BCUT2D eigenvalue weighted by molar-refractivity contribution is 5.91. The zero-order chi connectivity index (χ0) is 22.7. The van der Waals surface area contributed by atoms with Gasteiger partial charge in [0, 0.05) is 5.56 Å². The quantitative estimate of drug-likeness (QED) is 0.534. The molecule has 2 aliphatic rings. The van der Waals surface area contributed by atoms with E-state index in [1.54, 1.807) is 17.1 Å². The lowest BCUT2D eigenvalue weighted by Gasteiger charge is -2.41. The Hall–Kier alpha value is -3.09. The van der Waals surface area contributed by atoms with Crippen molar-refractivity contribution in [1.82, 2.24) is 0 Å². The monoisotopic (exact) mass is 435 g/mol. The van der Waals surface area contributed by atoms with Gasteiger partial charge in [-0.2, -0.15) is 0 Å². The molecule has 2 aromatic carbocycles. The van der Waals surface area contributed by atoms with E-state index in [1.165, 1.54) is 0 Å². The molecule has 6 heteroatoms. The van der Waals surface area contributed by atoms with Gasteiger partial charge < -0.3 is 18.9 Å². The molecule has 1 saturated heterocycles. The fourth-order valence-electron chi connectivity index (χ4n) is 4.29. The van der Waals surface area contributed by atoms with Gasteiger partial charge in [-0.15, -0.1) is 6.58 Å². The SMILES string of the molecule is C=CCOC(=O)N1c2ccc(OCc3ccccc3)cc2[C@@H]2OC(C)(C)O[C@H]2[C@@H]1CC=C. The Morgan fingerprint density at radius 2 is 1.91 bits per heavy atom. The van der Waals surface area contributed by atoms with Crippen LogP contribution in [0, 0.1) is 0 Å². The summed E-state index contributed by atoms with van der Waals surface area (Å²) < 4.78 is 24.0. The topological polar surface area (TPSA) is 57.2 Å². The van der Waals surface area contributed by atoms with Gasteiger partial charge >= 0.3 is 6.09 Å². The van der Waals surface area contributed by atoms with Crippen molar-refractivity contribution in [1.29, 1.82) is 0 Å². The summed E-state index contributed by atoms with van der Waals surface area (Å²) in [6, 6.07) is 15.3. The highest BCUT2D eigenvalue weighted by atomic mass is 16.8. The summed E-state index contributed by atoms with van der Waals surface area (Å²) in [7, 11) is 0. The number of hydrogen-bond donors (Lipinski definition) is 0. The van der Waals surface area contributed by atoms with Crippen LogP contribution in [0.4, 0.5) is 10.5 Å². The molecule has 168 valence electrons. The van der Waals surface area contributed by atoms with Gasteiger partial charge in [-0.25, -0.2) is 4.79 Å². The first-order valence-corrected chi connectivity index (χ1v) is 10.8. The van der Waals surface area contributed by atoms with Gasteiger partial charge in [-0.05, 0) is 44.0 Å². The molecule has 0 N–H and O–H groups in total. The minimum Gasteiger partial charge on any atom is -0.489 e. The summed E-state index contributed by atoms with van der Waals surface area (Å²) in [4.78, 5) is 14.7. The van der Waals surface area contributed by atoms with Crippen LogP contribution in [0.1, 0.15) is 37.5 Å². The number of anilines is 1. The van der Waals surface area contributed by atoms with Crippen LogP contribution < -0.4 is 9.64 Å². The molecular formula is C26H29NO5. The lowest BCUT2D eigenvalue weighted by molar-refractivity contribution is -0.147.